The van der Waals surface area contributed by atoms with Gasteiger partial charge in [-0.1, -0.05) is 60.7 Å². The number of carbonyl (C=O) groups excluding carboxylic acids is 1. The summed E-state index contributed by atoms with van der Waals surface area (Å²) in [6.07, 6.45) is 1.84. The number of ether oxygens (including phenoxy) is 1. The van der Waals surface area contributed by atoms with Crippen LogP contribution in [0, 0.1) is 6.92 Å². The van der Waals surface area contributed by atoms with Crippen LogP contribution >= 0.6 is 0 Å². The first-order chi connectivity index (χ1) is 17.0. The second-order valence-corrected chi connectivity index (χ2v) is 9.54. The first kappa shape index (κ1) is 23.3. The van der Waals surface area contributed by atoms with Crippen molar-refractivity contribution in [3.8, 4) is 0 Å². The van der Waals surface area contributed by atoms with Crippen LogP contribution in [0.3, 0.4) is 0 Å². The molecule has 7 nitrogen and oxygen atoms in total. The molecular formula is C28H32N4O3. The zero-order valence-electron chi connectivity index (χ0n) is 20.4. The number of hydrogen-bond donors (Lipinski definition) is 0. The first-order valence-corrected chi connectivity index (χ1v) is 12.4. The van der Waals surface area contributed by atoms with Crippen LogP contribution in [0.25, 0.3) is 0 Å². The van der Waals surface area contributed by atoms with E-state index in [1.807, 2.05) is 67.6 Å². The summed E-state index contributed by atoms with van der Waals surface area (Å²) in [7, 11) is 2.08. The lowest BCUT2D eigenvalue weighted by Gasteiger charge is -2.33. The van der Waals surface area contributed by atoms with Crippen LogP contribution in [0.15, 0.2) is 65.5 Å². The molecule has 1 amide bonds. The van der Waals surface area contributed by atoms with Crippen LogP contribution in [0.2, 0.25) is 0 Å². The SMILES string of the molecule is Cc1nc2c(c(=O)n1C(c1ccccc1)c1ccccc1)CCN(C(=O)OC1CCN(C)CC1)C2. The second kappa shape index (κ2) is 10.0. The van der Waals surface area contributed by atoms with E-state index >= 15 is 0 Å². The quantitative estimate of drug-likeness (QED) is 0.578. The van der Waals surface area contributed by atoms with Gasteiger partial charge in [-0.25, -0.2) is 9.78 Å². The number of nitrogens with zero attached hydrogens (tertiary/aromatic N) is 4. The number of fused-ring (bicyclic) bond motifs is 1. The highest BCUT2D eigenvalue weighted by Crippen LogP contribution is 2.27. The maximum Gasteiger partial charge on any atom is 0.410 e. The largest absolute Gasteiger partial charge is 0.446 e. The van der Waals surface area contributed by atoms with E-state index in [1.54, 1.807) is 9.47 Å². The molecule has 2 aliphatic heterocycles. The molecule has 0 aliphatic carbocycles. The molecule has 1 aromatic heterocycles. The van der Waals surface area contributed by atoms with Crippen LogP contribution in [0.4, 0.5) is 4.79 Å². The third kappa shape index (κ3) is 4.86. The summed E-state index contributed by atoms with van der Waals surface area (Å²) in [5, 5.41) is 0. The Morgan fingerprint density at radius 3 is 2.17 bits per heavy atom. The minimum absolute atomic E-state index is 0.0338. The van der Waals surface area contributed by atoms with E-state index in [4.69, 9.17) is 9.72 Å². The molecule has 3 heterocycles. The first-order valence-electron chi connectivity index (χ1n) is 12.4. The number of aryl methyl sites for hydroxylation is 1. The zero-order valence-corrected chi connectivity index (χ0v) is 20.4. The van der Waals surface area contributed by atoms with Gasteiger partial charge in [-0.15, -0.1) is 0 Å². The van der Waals surface area contributed by atoms with Gasteiger partial charge in [-0.05, 0) is 44.4 Å². The van der Waals surface area contributed by atoms with Gasteiger partial charge >= 0.3 is 6.09 Å². The third-order valence-corrected chi connectivity index (χ3v) is 7.12. The van der Waals surface area contributed by atoms with E-state index in [0.29, 0.717) is 36.6 Å². The Hall–Kier alpha value is -3.45. The Morgan fingerprint density at radius 2 is 1.57 bits per heavy atom. The summed E-state index contributed by atoms with van der Waals surface area (Å²) < 4.78 is 7.58. The standard InChI is InChI=1S/C28H32N4O3/c1-20-29-25-19-31(28(34)35-23-13-16-30(2)17-14-23)18-15-24(25)27(33)32(20)26(21-9-5-3-6-10-21)22-11-7-4-8-12-22/h3-12,23,26H,13-19H2,1-2H3. The van der Waals surface area contributed by atoms with E-state index in [1.165, 1.54) is 0 Å². The lowest BCUT2D eigenvalue weighted by atomic mass is 9.97. The highest BCUT2D eigenvalue weighted by Gasteiger charge is 2.30. The number of amides is 1. The molecule has 2 aliphatic rings. The summed E-state index contributed by atoms with van der Waals surface area (Å²) in [4.78, 5) is 35.5. The van der Waals surface area contributed by atoms with E-state index < -0.39 is 0 Å². The lowest BCUT2D eigenvalue weighted by Crippen LogP contribution is -2.44. The molecule has 182 valence electrons. The fourth-order valence-electron chi connectivity index (χ4n) is 5.16. The molecule has 5 rings (SSSR count). The molecule has 0 unspecified atom stereocenters. The van der Waals surface area contributed by atoms with Crippen molar-refractivity contribution in [2.45, 2.75) is 44.9 Å². The van der Waals surface area contributed by atoms with Gasteiger partial charge in [0.15, 0.2) is 0 Å². The molecular weight excluding hydrogens is 440 g/mol. The van der Waals surface area contributed by atoms with Crippen molar-refractivity contribution in [2.24, 2.45) is 0 Å². The Bertz CT molecular complexity index is 1190. The van der Waals surface area contributed by atoms with E-state index in [0.717, 1.165) is 37.1 Å². The smallest absolute Gasteiger partial charge is 0.410 e. The molecule has 0 bridgehead atoms. The maximum absolute atomic E-state index is 13.8. The summed E-state index contributed by atoms with van der Waals surface area (Å²) in [5.74, 6) is 0.636. The predicted molar refractivity (Wildman–Crippen MR) is 134 cm³/mol. The van der Waals surface area contributed by atoms with Gasteiger partial charge in [0.05, 0.1) is 18.3 Å². The zero-order chi connectivity index (χ0) is 24.4. The van der Waals surface area contributed by atoms with Crippen molar-refractivity contribution >= 4 is 6.09 Å². The van der Waals surface area contributed by atoms with Gasteiger partial charge in [0.2, 0.25) is 0 Å². The van der Waals surface area contributed by atoms with Crippen LogP contribution in [0.1, 0.15) is 47.1 Å². The van der Waals surface area contributed by atoms with E-state index in [2.05, 4.69) is 11.9 Å². The van der Waals surface area contributed by atoms with Crippen molar-refractivity contribution < 1.29 is 9.53 Å². The molecule has 1 saturated heterocycles. The van der Waals surface area contributed by atoms with Crippen molar-refractivity contribution in [3.63, 3.8) is 0 Å². The highest BCUT2D eigenvalue weighted by atomic mass is 16.6. The lowest BCUT2D eigenvalue weighted by molar-refractivity contribution is 0.0301. The molecule has 0 radical (unpaired) electrons. The molecule has 0 spiro atoms. The summed E-state index contributed by atoms with van der Waals surface area (Å²) in [5.41, 5.74) is 3.40. The molecule has 0 N–H and O–H groups in total. The minimum atomic E-state index is -0.305. The average molecular weight is 473 g/mol. The minimum Gasteiger partial charge on any atom is -0.446 e. The number of aromatic nitrogens is 2. The third-order valence-electron chi connectivity index (χ3n) is 7.12. The molecule has 0 atom stereocenters. The van der Waals surface area contributed by atoms with Gasteiger partial charge in [0.25, 0.3) is 5.56 Å². The van der Waals surface area contributed by atoms with E-state index in [-0.39, 0.29) is 23.8 Å². The van der Waals surface area contributed by atoms with Gasteiger partial charge in [0.1, 0.15) is 11.9 Å². The Morgan fingerprint density at radius 1 is 0.971 bits per heavy atom. The number of carbonyl (C=O) groups is 1. The Kier molecular flexibility index (Phi) is 6.68. The Labute approximate surface area is 206 Å². The van der Waals surface area contributed by atoms with Gasteiger partial charge in [0, 0.05) is 25.2 Å². The number of hydrogen-bond acceptors (Lipinski definition) is 5. The van der Waals surface area contributed by atoms with Gasteiger partial charge < -0.3 is 14.5 Å². The molecule has 7 heteroatoms. The molecule has 1 fully saturated rings. The Balaban J connectivity index is 1.43. The fourth-order valence-corrected chi connectivity index (χ4v) is 5.16. The van der Waals surface area contributed by atoms with Crippen LogP contribution < -0.4 is 5.56 Å². The maximum atomic E-state index is 13.8. The van der Waals surface area contributed by atoms with Crippen molar-refractivity contribution in [1.82, 2.24) is 19.4 Å². The highest BCUT2D eigenvalue weighted by molar-refractivity contribution is 5.68. The van der Waals surface area contributed by atoms with E-state index in [9.17, 15) is 9.59 Å². The number of rotatable bonds is 4. The number of piperidine rings is 1. The summed E-state index contributed by atoms with van der Waals surface area (Å²) >= 11 is 0. The van der Waals surface area contributed by atoms with Crippen molar-refractivity contribution in [1.29, 1.82) is 0 Å². The van der Waals surface area contributed by atoms with Crippen LogP contribution in [-0.2, 0) is 17.7 Å². The summed E-state index contributed by atoms with van der Waals surface area (Å²) in [6, 6.07) is 19.8. The topological polar surface area (TPSA) is 67.7 Å². The summed E-state index contributed by atoms with van der Waals surface area (Å²) in [6.45, 7) is 4.51. The van der Waals surface area contributed by atoms with Crippen LogP contribution in [-0.4, -0.2) is 58.2 Å². The normalized spacial score (nSPS) is 16.8. The fraction of sp³-hybridized carbons (Fsp3) is 0.393. The van der Waals surface area contributed by atoms with Gasteiger partial charge in [-0.3, -0.25) is 9.36 Å². The molecule has 2 aromatic carbocycles. The van der Waals surface area contributed by atoms with Crippen molar-refractivity contribution in [2.75, 3.05) is 26.7 Å². The van der Waals surface area contributed by atoms with Crippen LogP contribution in [0.5, 0.6) is 0 Å². The second-order valence-electron chi connectivity index (χ2n) is 9.54. The van der Waals surface area contributed by atoms with Crippen molar-refractivity contribution in [3.05, 3.63) is 99.2 Å². The average Bonchev–Trinajstić information content (AvgIpc) is 2.88. The molecule has 3 aromatic rings. The predicted octanol–water partition coefficient (Wildman–Crippen LogP) is 3.78. The van der Waals surface area contributed by atoms with Gasteiger partial charge in [-0.2, -0.15) is 0 Å². The molecule has 35 heavy (non-hydrogen) atoms. The molecule has 0 saturated carbocycles. The number of benzene rings is 2. The monoisotopic (exact) mass is 472 g/mol. The number of likely N-dealkylation sites (tertiary alicyclic amines) is 1.